The molecule has 0 N–H and O–H groups in total. The summed E-state index contributed by atoms with van der Waals surface area (Å²) in [4.78, 5) is 0. The van der Waals surface area contributed by atoms with E-state index in [0.29, 0.717) is 0 Å². The summed E-state index contributed by atoms with van der Waals surface area (Å²) in [7, 11) is 0. The quantitative estimate of drug-likeness (QED) is 0.668. The lowest BCUT2D eigenvalue weighted by Gasteiger charge is -1.94. The van der Waals surface area contributed by atoms with Gasteiger partial charge in [0, 0.05) is 0 Å². The Bertz CT molecular complexity index is 498. The largest absolute Gasteiger partial charge is 0.290 e. The maximum absolute atomic E-state index is 11.1. The minimum Gasteiger partial charge on any atom is -0.290 e. The molecule has 2 heteroatoms. The van der Waals surface area contributed by atoms with Gasteiger partial charge >= 0.3 is 0 Å². The van der Waals surface area contributed by atoms with Crippen LogP contribution in [0.1, 0.15) is 11.1 Å². The van der Waals surface area contributed by atoms with E-state index in [4.69, 9.17) is 0 Å². The molecule has 0 saturated carbocycles. The van der Waals surface area contributed by atoms with Crippen molar-refractivity contribution in [1.82, 2.24) is 0 Å². The molecule has 0 aliphatic carbocycles. The Kier molecular flexibility index (Phi) is 2.92. The predicted octanol–water partition coefficient (Wildman–Crippen LogP) is 4.14. The maximum Gasteiger partial charge on any atom is 0.179 e. The zero-order chi connectivity index (χ0) is 11.4. The lowest BCUT2D eigenvalue weighted by Crippen LogP contribution is -1.72. The van der Waals surface area contributed by atoms with Crippen LogP contribution in [0.4, 0.5) is 0 Å². The summed E-state index contributed by atoms with van der Waals surface area (Å²) in [6, 6.07) is 13.2. The van der Waals surface area contributed by atoms with E-state index < -0.39 is 0 Å². The van der Waals surface area contributed by atoms with Crippen LogP contribution in [0, 0.1) is 0 Å². The van der Waals surface area contributed by atoms with Crippen LogP contribution >= 0.6 is 0 Å². The van der Waals surface area contributed by atoms with Gasteiger partial charge in [-0.2, -0.15) is 0 Å². The molecule has 2 radical (unpaired) electrons. The SMILES string of the molecule is [O]c1ccc(/C=C/c2cccc([O])c2)cc1. The number of rotatable bonds is 2. The molecular weight excluding hydrogens is 200 g/mol. The number of hydrogen-bond donors (Lipinski definition) is 0. The summed E-state index contributed by atoms with van der Waals surface area (Å²) in [5.74, 6) is -0.00392. The molecule has 0 amide bonds. The molecular formula is C14H10O2. The number of hydrogen-bond acceptors (Lipinski definition) is 0. The van der Waals surface area contributed by atoms with E-state index >= 15 is 0 Å². The molecule has 0 spiro atoms. The molecule has 0 fully saturated rings. The molecule has 2 aromatic carbocycles. The molecule has 16 heavy (non-hydrogen) atoms. The van der Waals surface area contributed by atoms with E-state index in [1.807, 2.05) is 18.2 Å². The van der Waals surface area contributed by atoms with Gasteiger partial charge in [-0.05, 0) is 35.4 Å². The molecule has 0 aliphatic rings. The van der Waals surface area contributed by atoms with Gasteiger partial charge in [0.05, 0.1) is 0 Å². The van der Waals surface area contributed by atoms with Crippen LogP contribution in [0.25, 0.3) is 12.2 Å². The van der Waals surface area contributed by atoms with Crippen LogP contribution in [-0.2, 0) is 10.2 Å². The summed E-state index contributed by atoms with van der Waals surface area (Å²) in [6.45, 7) is 0. The molecule has 2 nitrogen and oxygen atoms in total. The summed E-state index contributed by atoms with van der Waals surface area (Å²) in [6.07, 6.45) is 3.72. The van der Waals surface area contributed by atoms with Gasteiger partial charge in [0.2, 0.25) is 0 Å². The average Bonchev–Trinajstić information content (AvgIpc) is 2.28. The summed E-state index contributed by atoms with van der Waals surface area (Å²) >= 11 is 0. The van der Waals surface area contributed by atoms with E-state index in [0.717, 1.165) is 11.1 Å². The first kappa shape index (κ1) is 10.3. The van der Waals surface area contributed by atoms with Gasteiger partial charge in [-0.1, -0.05) is 36.4 Å². The lowest BCUT2D eigenvalue weighted by atomic mass is 10.1. The Morgan fingerprint density at radius 3 is 2.06 bits per heavy atom. The molecule has 2 aromatic rings. The second-order valence-corrected chi connectivity index (χ2v) is 3.47. The van der Waals surface area contributed by atoms with Crippen molar-refractivity contribution >= 4 is 12.2 Å². The highest BCUT2D eigenvalue weighted by atomic mass is 16.3. The molecule has 0 bridgehead atoms. The van der Waals surface area contributed by atoms with Gasteiger partial charge in [-0.3, -0.25) is 10.2 Å². The van der Waals surface area contributed by atoms with Gasteiger partial charge in [-0.15, -0.1) is 0 Å². The molecule has 0 atom stereocenters. The van der Waals surface area contributed by atoms with Crippen LogP contribution in [0.2, 0.25) is 0 Å². The van der Waals surface area contributed by atoms with Crippen molar-refractivity contribution < 1.29 is 10.2 Å². The third-order valence-electron chi connectivity index (χ3n) is 2.21. The van der Waals surface area contributed by atoms with Crippen molar-refractivity contribution in [3.05, 3.63) is 59.7 Å². The van der Waals surface area contributed by atoms with E-state index in [1.54, 1.807) is 24.3 Å². The highest BCUT2D eigenvalue weighted by Gasteiger charge is 1.92. The Morgan fingerprint density at radius 1 is 0.688 bits per heavy atom. The molecule has 0 aromatic heterocycles. The van der Waals surface area contributed by atoms with Crippen molar-refractivity contribution in [2.45, 2.75) is 0 Å². The Balaban J connectivity index is 2.18. The topological polar surface area (TPSA) is 39.8 Å². The second-order valence-electron chi connectivity index (χ2n) is 3.47. The monoisotopic (exact) mass is 210 g/mol. The van der Waals surface area contributed by atoms with Crippen molar-refractivity contribution in [2.75, 3.05) is 0 Å². The van der Waals surface area contributed by atoms with E-state index in [9.17, 15) is 10.2 Å². The smallest absolute Gasteiger partial charge is 0.179 e. The van der Waals surface area contributed by atoms with Crippen molar-refractivity contribution in [1.29, 1.82) is 0 Å². The van der Waals surface area contributed by atoms with E-state index in [2.05, 4.69) is 0 Å². The molecule has 78 valence electrons. The van der Waals surface area contributed by atoms with Crippen LogP contribution < -0.4 is 0 Å². The standard InChI is InChI=1S/C14H10O2/c15-13-8-6-11(7-9-13)4-5-12-2-1-3-14(16)10-12/h1-10H/b5-4+. The third kappa shape index (κ3) is 2.64. The van der Waals surface area contributed by atoms with E-state index in [1.165, 1.54) is 18.2 Å². The van der Waals surface area contributed by atoms with Crippen molar-refractivity contribution in [2.24, 2.45) is 0 Å². The first-order chi connectivity index (χ1) is 7.74. The molecule has 0 saturated heterocycles. The number of benzene rings is 2. The summed E-state index contributed by atoms with van der Waals surface area (Å²) in [5, 5.41) is 21.9. The Hall–Kier alpha value is -2.22. The fraction of sp³-hybridized carbons (Fsp3) is 0. The minimum atomic E-state index is -0.00273. The van der Waals surface area contributed by atoms with Crippen LogP contribution in [0.3, 0.4) is 0 Å². The van der Waals surface area contributed by atoms with Crippen LogP contribution in [0.15, 0.2) is 48.5 Å². The normalized spacial score (nSPS) is 10.8. The Morgan fingerprint density at radius 2 is 1.38 bits per heavy atom. The van der Waals surface area contributed by atoms with Gasteiger partial charge in [0.25, 0.3) is 0 Å². The van der Waals surface area contributed by atoms with E-state index in [-0.39, 0.29) is 11.5 Å². The van der Waals surface area contributed by atoms with Gasteiger partial charge in [0.1, 0.15) is 0 Å². The second kappa shape index (κ2) is 4.53. The fourth-order valence-corrected chi connectivity index (χ4v) is 1.39. The zero-order valence-corrected chi connectivity index (χ0v) is 8.59. The average molecular weight is 210 g/mol. The molecule has 2 rings (SSSR count). The van der Waals surface area contributed by atoms with Gasteiger partial charge in [-0.25, -0.2) is 0 Å². The highest BCUT2D eigenvalue weighted by molar-refractivity contribution is 5.70. The van der Waals surface area contributed by atoms with Crippen LogP contribution in [0.5, 0.6) is 11.5 Å². The summed E-state index contributed by atoms with van der Waals surface area (Å²) < 4.78 is 0. The molecule has 0 aliphatic heterocycles. The van der Waals surface area contributed by atoms with Gasteiger partial charge < -0.3 is 0 Å². The predicted molar refractivity (Wildman–Crippen MR) is 62.1 cm³/mol. The Labute approximate surface area is 94.1 Å². The van der Waals surface area contributed by atoms with Crippen molar-refractivity contribution in [3.63, 3.8) is 0 Å². The first-order valence-electron chi connectivity index (χ1n) is 4.96. The summed E-state index contributed by atoms with van der Waals surface area (Å²) in [5.41, 5.74) is 1.80. The van der Waals surface area contributed by atoms with Crippen molar-refractivity contribution in [3.8, 4) is 11.5 Å². The minimum absolute atomic E-state index is 0.00120. The highest BCUT2D eigenvalue weighted by Crippen LogP contribution is 2.16. The zero-order valence-electron chi connectivity index (χ0n) is 8.59. The molecule has 0 unspecified atom stereocenters. The maximum atomic E-state index is 11.1. The third-order valence-corrected chi connectivity index (χ3v) is 2.21. The lowest BCUT2D eigenvalue weighted by molar-refractivity contribution is 0.354. The molecule has 0 heterocycles. The van der Waals surface area contributed by atoms with Crippen LogP contribution in [-0.4, -0.2) is 0 Å². The van der Waals surface area contributed by atoms with Gasteiger partial charge in [0.15, 0.2) is 11.5 Å². The first-order valence-corrected chi connectivity index (χ1v) is 4.96. The fourth-order valence-electron chi connectivity index (χ4n) is 1.39.